The fourth-order valence-corrected chi connectivity index (χ4v) is 2.32. The van der Waals surface area contributed by atoms with Crippen molar-refractivity contribution in [3.05, 3.63) is 22.4 Å². The summed E-state index contributed by atoms with van der Waals surface area (Å²) in [7, 11) is 2.16. The maximum absolute atomic E-state index is 3.43. The zero-order chi connectivity index (χ0) is 8.81. The van der Waals surface area contributed by atoms with Crippen molar-refractivity contribution in [1.82, 2.24) is 4.90 Å². The van der Waals surface area contributed by atoms with Crippen molar-refractivity contribution in [2.75, 3.05) is 25.5 Å². The Morgan fingerprint density at radius 3 is 2.92 bits per heavy atom. The van der Waals surface area contributed by atoms with E-state index < -0.39 is 0 Å². The molecular formula is C9H14BrNS. The first-order valence-corrected chi connectivity index (χ1v) is 6.15. The number of hydrogen-bond donors (Lipinski definition) is 0. The van der Waals surface area contributed by atoms with Gasteiger partial charge in [-0.15, -0.1) is 0 Å². The monoisotopic (exact) mass is 247 g/mol. The number of thiophene rings is 1. The van der Waals surface area contributed by atoms with Gasteiger partial charge in [-0.05, 0) is 35.9 Å². The van der Waals surface area contributed by atoms with E-state index in [0.717, 1.165) is 18.4 Å². The van der Waals surface area contributed by atoms with Crippen LogP contribution in [0, 0.1) is 0 Å². The summed E-state index contributed by atoms with van der Waals surface area (Å²) in [6.07, 6.45) is 1.17. The third kappa shape index (κ3) is 3.70. The molecule has 1 rings (SSSR count). The van der Waals surface area contributed by atoms with Gasteiger partial charge in [0.2, 0.25) is 0 Å². The molecule has 0 aliphatic carbocycles. The summed E-state index contributed by atoms with van der Waals surface area (Å²) in [5.74, 6) is 0. The number of likely N-dealkylation sites (N-methyl/N-ethyl adjacent to an activating group) is 1. The van der Waals surface area contributed by atoms with Crippen molar-refractivity contribution >= 4 is 27.3 Å². The largest absolute Gasteiger partial charge is 0.305 e. The first-order chi connectivity index (χ1) is 5.83. The summed E-state index contributed by atoms with van der Waals surface area (Å²) in [5, 5.41) is 5.43. The van der Waals surface area contributed by atoms with E-state index in [4.69, 9.17) is 0 Å². The summed E-state index contributed by atoms with van der Waals surface area (Å²) in [6, 6.07) is 2.20. The molecule has 0 radical (unpaired) electrons. The number of nitrogens with zero attached hydrogens (tertiary/aromatic N) is 1. The molecule has 3 heteroatoms. The Kier molecular flexibility index (Phi) is 4.88. The molecule has 0 N–H and O–H groups in total. The predicted octanol–water partition coefficient (Wildman–Crippen LogP) is 2.62. The molecule has 0 fully saturated rings. The molecule has 0 atom stereocenters. The lowest BCUT2D eigenvalue weighted by molar-refractivity contribution is 0.361. The van der Waals surface area contributed by atoms with E-state index in [9.17, 15) is 0 Å². The molecule has 0 aromatic carbocycles. The lowest BCUT2D eigenvalue weighted by atomic mass is 10.2. The molecule has 0 aliphatic heterocycles. The lowest BCUT2D eigenvalue weighted by Gasteiger charge is -2.13. The van der Waals surface area contributed by atoms with Gasteiger partial charge in [-0.25, -0.2) is 0 Å². The first kappa shape index (κ1) is 10.2. The molecule has 0 saturated heterocycles. The second-order valence-electron chi connectivity index (χ2n) is 2.87. The minimum absolute atomic E-state index is 1.06. The maximum Gasteiger partial charge on any atom is 0.0159 e. The highest BCUT2D eigenvalue weighted by molar-refractivity contribution is 9.09. The molecule has 1 aromatic rings. The highest BCUT2D eigenvalue weighted by Gasteiger charge is 1.97. The van der Waals surface area contributed by atoms with Gasteiger partial charge in [0, 0.05) is 18.4 Å². The van der Waals surface area contributed by atoms with Crippen molar-refractivity contribution in [2.45, 2.75) is 6.42 Å². The Bertz CT molecular complexity index is 198. The molecule has 0 bridgehead atoms. The van der Waals surface area contributed by atoms with Crippen LogP contribution in [-0.4, -0.2) is 30.4 Å². The zero-order valence-electron chi connectivity index (χ0n) is 7.29. The number of rotatable bonds is 5. The van der Waals surface area contributed by atoms with Crippen LogP contribution in [0.4, 0.5) is 0 Å². The standard InChI is InChI=1S/C9H14BrNS/c1-11(6-4-10)5-2-9-3-7-12-8-9/h3,7-8H,2,4-6H2,1H3. The quantitative estimate of drug-likeness (QED) is 0.724. The Morgan fingerprint density at radius 1 is 1.50 bits per heavy atom. The summed E-state index contributed by atoms with van der Waals surface area (Å²) in [5.41, 5.74) is 1.46. The minimum atomic E-state index is 1.06. The Morgan fingerprint density at radius 2 is 2.33 bits per heavy atom. The van der Waals surface area contributed by atoms with Gasteiger partial charge in [-0.2, -0.15) is 11.3 Å². The van der Waals surface area contributed by atoms with Crippen LogP contribution >= 0.6 is 27.3 Å². The smallest absolute Gasteiger partial charge is 0.0159 e. The molecule has 0 spiro atoms. The summed E-state index contributed by atoms with van der Waals surface area (Å²) >= 11 is 5.21. The van der Waals surface area contributed by atoms with Crippen molar-refractivity contribution in [2.24, 2.45) is 0 Å². The van der Waals surface area contributed by atoms with Gasteiger partial charge in [0.1, 0.15) is 0 Å². The van der Waals surface area contributed by atoms with E-state index in [1.807, 2.05) is 0 Å². The molecular weight excluding hydrogens is 234 g/mol. The van der Waals surface area contributed by atoms with E-state index in [1.165, 1.54) is 12.0 Å². The van der Waals surface area contributed by atoms with Crippen molar-refractivity contribution in [1.29, 1.82) is 0 Å². The average molecular weight is 248 g/mol. The molecule has 1 nitrogen and oxygen atoms in total. The van der Waals surface area contributed by atoms with Crippen LogP contribution in [0.3, 0.4) is 0 Å². The number of halogens is 1. The van der Waals surface area contributed by atoms with Gasteiger partial charge in [0.15, 0.2) is 0 Å². The van der Waals surface area contributed by atoms with Crippen LogP contribution in [-0.2, 0) is 6.42 Å². The third-order valence-electron chi connectivity index (χ3n) is 1.83. The molecule has 0 saturated carbocycles. The predicted molar refractivity (Wildman–Crippen MR) is 59.3 cm³/mol. The average Bonchev–Trinajstić information content (AvgIpc) is 2.53. The Balaban J connectivity index is 2.17. The van der Waals surface area contributed by atoms with Crippen LogP contribution in [0.25, 0.3) is 0 Å². The van der Waals surface area contributed by atoms with Gasteiger partial charge >= 0.3 is 0 Å². The first-order valence-electron chi connectivity index (χ1n) is 4.08. The van der Waals surface area contributed by atoms with Gasteiger partial charge in [0.05, 0.1) is 0 Å². The third-order valence-corrected chi connectivity index (χ3v) is 2.92. The summed E-state index contributed by atoms with van der Waals surface area (Å²) < 4.78 is 0. The summed E-state index contributed by atoms with van der Waals surface area (Å²) in [6.45, 7) is 2.28. The molecule has 12 heavy (non-hydrogen) atoms. The second kappa shape index (κ2) is 5.73. The van der Waals surface area contributed by atoms with E-state index in [-0.39, 0.29) is 0 Å². The van der Waals surface area contributed by atoms with Crippen LogP contribution in [0.1, 0.15) is 5.56 Å². The molecule has 1 aromatic heterocycles. The second-order valence-corrected chi connectivity index (χ2v) is 4.45. The van der Waals surface area contributed by atoms with Gasteiger partial charge in [-0.3, -0.25) is 0 Å². The van der Waals surface area contributed by atoms with E-state index >= 15 is 0 Å². The molecule has 0 aliphatic rings. The molecule has 1 heterocycles. The lowest BCUT2D eigenvalue weighted by Crippen LogP contribution is -2.22. The highest BCUT2D eigenvalue weighted by Crippen LogP contribution is 2.06. The Labute approximate surface area is 86.5 Å². The number of alkyl halides is 1. The van der Waals surface area contributed by atoms with E-state index in [2.05, 4.69) is 44.7 Å². The topological polar surface area (TPSA) is 3.24 Å². The number of hydrogen-bond acceptors (Lipinski definition) is 2. The zero-order valence-corrected chi connectivity index (χ0v) is 9.70. The SMILES string of the molecule is CN(CCBr)CCc1ccsc1. The molecule has 0 amide bonds. The Hall–Kier alpha value is 0.140. The van der Waals surface area contributed by atoms with Crippen LogP contribution in [0.2, 0.25) is 0 Å². The minimum Gasteiger partial charge on any atom is -0.305 e. The van der Waals surface area contributed by atoms with Gasteiger partial charge < -0.3 is 4.90 Å². The van der Waals surface area contributed by atoms with E-state index in [0.29, 0.717) is 0 Å². The van der Waals surface area contributed by atoms with Crippen molar-refractivity contribution in [3.8, 4) is 0 Å². The van der Waals surface area contributed by atoms with Crippen molar-refractivity contribution < 1.29 is 0 Å². The van der Waals surface area contributed by atoms with Crippen LogP contribution < -0.4 is 0 Å². The summed E-state index contributed by atoms with van der Waals surface area (Å²) in [4.78, 5) is 2.34. The highest BCUT2D eigenvalue weighted by atomic mass is 79.9. The fraction of sp³-hybridized carbons (Fsp3) is 0.556. The fourth-order valence-electron chi connectivity index (χ4n) is 1.01. The van der Waals surface area contributed by atoms with E-state index in [1.54, 1.807) is 11.3 Å². The van der Waals surface area contributed by atoms with Crippen molar-refractivity contribution in [3.63, 3.8) is 0 Å². The normalized spacial score (nSPS) is 10.9. The van der Waals surface area contributed by atoms with Gasteiger partial charge in [-0.1, -0.05) is 15.9 Å². The molecule has 68 valence electrons. The van der Waals surface area contributed by atoms with Crippen LogP contribution in [0.5, 0.6) is 0 Å². The maximum atomic E-state index is 3.43. The molecule has 0 unspecified atom stereocenters. The van der Waals surface area contributed by atoms with Gasteiger partial charge in [0.25, 0.3) is 0 Å². The van der Waals surface area contributed by atoms with Crippen LogP contribution in [0.15, 0.2) is 16.8 Å².